The third kappa shape index (κ3) is 2.59. The minimum absolute atomic E-state index is 0.142. The Hall–Kier alpha value is -0.960. The summed E-state index contributed by atoms with van der Waals surface area (Å²) >= 11 is 0. The van der Waals surface area contributed by atoms with Crippen LogP contribution in [0.1, 0.15) is 50.4 Å². The number of hydrogen-bond donors (Lipinski definition) is 1. The highest BCUT2D eigenvalue weighted by Crippen LogP contribution is 2.19. The predicted octanol–water partition coefficient (Wildman–Crippen LogP) is 2.99. The van der Waals surface area contributed by atoms with Gasteiger partial charge in [0.15, 0.2) is 0 Å². The van der Waals surface area contributed by atoms with Crippen LogP contribution in [0.3, 0.4) is 0 Å². The van der Waals surface area contributed by atoms with E-state index in [0.717, 1.165) is 12.2 Å². The van der Waals surface area contributed by atoms with Gasteiger partial charge in [-0.3, -0.25) is 4.98 Å². The van der Waals surface area contributed by atoms with Crippen LogP contribution in [-0.2, 0) is 6.54 Å². The molecule has 0 saturated heterocycles. The van der Waals surface area contributed by atoms with Gasteiger partial charge >= 0.3 is 0 Å². The smallest absolute Gasteiger partial charge is 0.144 e. The zero-order valence-corrected chi connectivity index (χ0v) is 9.96. The minimum atomic E-state index is -0.192. The van der Waals surface area contributed by atoms with Crippen molar-refractivity contribution < 1.29 is 4.39 Å². The second kappa shape index (κ2) is 4.91. The molecule has 2 rings (SSSR count). The summed E-state index contributed by atoms with van der Waals surface area (Å²) in [6, 6.07) is 3.95. The van der Waals surface area contributed by atoms with E-state index in [-0.39, 0.29) is 11.7 Å². The fraction of sp³-hybridized carbons (Fsp3) is 0.615. The van der Waals surface area contributed by atoms with Crippen LogP contribution in [0, 0.1) is 5.82 Å². The van der Waals surface area contributed by atoms with Crippen LogP contribution in [0.15, 0.2) is 12.1 Å². The second-order valence-corrected chi connectivity index (χ2v) is 4.83. The Labute approximate surface area is 96.3 Å². The van der Waals surface area contributed by atoms with Crippen molar-refractivity contribution in [2.45, 2.75) is 51.6 Å². The molecule has 3 heteroatoms. The van der Waals surface area contributed by atoms with Gasteiger partial charge in [0.2, 0.25) is 0 Å². The fourth-order valence-electron chi connectivity index (χ4n) is 1.86. The molecule has 1 heterocycles. The summed E-state index contributed by atoms with van der Waals surface area (Å²) in [7, 11) is 0. The highest BCUT2D eigenvalue weighted by molar-refractivity contribution is 5.16. The Morgan fingerprint density at radius 3 is 2.75 bits per heavy atom. The van der Waals surface area contributed by atoms with Gasteiger partial charge in [-0.1, -0.05) is 20.3 Å². The summed E-state index contributed by atoms with van der Waals surface area (Å²) in [5.74, 6) is -0.0500. The molecule has 0 bridgehead atoms. The quantitative estimate of drug-likeness (QED) is 0.847. The number of nitrogens with one attached hydrogen (secondary N) is 1. The molecule has 0 aromatic carbocycles. The van der Waals surface area contributed by atoms with E-state index in [4.69, 9.17) is 0 Å². The van der Waals surface area contributed by atoms with Crippen molar-refractivity contribution in [1.29, 1.82) is 0 Å². The van der Waals surface area contributed by atoms with Gasteiger partial charge in [-0.2, -0.15) is 0 Å². The van der Waals surface area contributed by atoms with Gasteiger partial charge in [0, 0.05) is 12.6 Å². The van der Waals surface area contributed by atoms with Gasteiger partial charge in [0.05, 0.1) is 11.4 Å². The van der Waals surface area contributed by atoms with Gasteiger partial charge in [-0.25, -0.2) is 4.39 Å². The molecule has 1 aromatic rings. The number of pyridine rings is 1. The zero-order valence-electron chi connectivity index (χ0n) is 9.96. The first-order valence-electron chi connectivity index (χ1n) is 6.05. The van der Waals surface area contributed by atoms with Crippen LogP contribution >= 0.6 is 0 Å². The summed E-state index contributed by atoms with van der Waals surface area (Å²) < 4.78 is 13.4. The first-order valence-corrected chi connectivity index (χ1v) is 6.05. The Bertz CT molecular complexity index is 359. The second-order valence-electron chi connectivity index (χ2n) is 4.83. The summed E-state index contributed by atoms with van der Waals surface area (Å²) in [6.45, 7) is 4.69. The van der Waals surface area contributed by atoms with Gasteiger partial charge in [-0.15, -0.1) is 0 Å². The molecule has 1 fully saturated rings. The number of nitrogens with zero attached hydrogens (tertiary/aromatic N) is 1. The van der Waals surface area contributed by atoms with Crippen molar-refractivity contribution in [3.8, 4) is 0 Å². The molecule has 2 nitrogen and oxygen atoms in total. The van der Waals surface area contributed by atoms with E-state index in [0.29, 0.717) is 11.7 Å². The third-order valence-electron chi connectivity index (χ3n) is 3.15. The first kappa shape index (κ1) is 11.5. The number of hydrogen-bond acceptors (Lipinski definition) is 2. The monoisotopic (exact) mass is 222 g/mol. The molecule has 0 radical (unpaired) electrons. The summed E-state index contributed by atoms with van der Waals surface area (Å²) in [4.78, 5) is 4.36. The maximum Gasteiger partial charge on any atom is 0.144 e. The van der Waals surface area contributed by atoms with Crippen LogP contribution in [0.25, 0.3) is 0 Å². The molecule has 0 spiro atoms. The van der Waals surface area contributed by atoms with Gasteiger partial charge < -0.3 is 5.32 Å². The highest BCUT2D eigenvalue weighted by Gasteiger charge is 2.16. The Morgan fingerprint density at radius 1 is 1.44 bits per heavy atom. The molecule has 0 unspecified atom stereocenters. The Morgan fingerprint density at radius 2 is 2.19 bits per heavy atom. The van der Waals surface area contributed by atoms with Crippen LogP contribution in [-0.4, -0.2) is 11.0 Å². The molecular weight excluding hydrogens is 203 g/mol. The van der Waals surface area contributed by atoms with Crippen molar-refractivity contribution in [2.75, 3.05) is 0 Å². The van der Waals surface area contributed by atoms with E-state index in [1.54, 1.807) is 6.07 Å². The summed E-state index contributed by atoms with van der Waals surface area (Å²) in [5.41, 5.74) is 1.52. The minimum Gasteiger partial charge on any atom is -0.308 e. The molecule has 1 N–H and O–H groups in total. The van der Waals surface area contributed by atoms with Gasteiger partial charge in [0.25, 0.3) is 0 Å². The lowest BCUT2D eigenvalue weighted by molar-refractivity contribution is 0.336. The molecule has 0 atom stereocenters. The molecule has 1 aliphatic rings. The van der Waals surface area contributed by atoms with Crippen molar-refractivity contribution >= 4 is 0 Å². The molecule has 88 valence electrons. The lowest BCUT2D eigenvalue weighted by atomic mass is 9.93. The lowest BCUT2D eigenvalue weighted by Gasteiger charge is -2.26. The first-order chi connectivity index (χ1) is 7.66. The van der Waals surface area contributed by atoms with Crippen molar-refractivity contribution in [1.82, 2.24) is 10.3 Å². The average Bonchev–Trinajstić information content (AvgIpc) is 2.17. The fourth-order valence-corrected chi connectivity index (χ4v) is 1.86. The predicted molar refractivity (Wildman–Crippen MR) is 62.8 cm³/mol. The largest absolute Gasteiger partial charge is 0.308 e. The Balaban J connectivity index is 2.00. The number of aromatic nitrogens is 1. The summed E-state index contributed by atoms with van der Waals surface area (Å²) in [6.07, 6.45) is 3.85. The maximum absolute atomic E-state index is 13.4. The highest BCUT2D eigenvalue weighted by atomic mass is 19.1. The SMILES string of the molecule is CC(C)c1nc(CNC2CCC2)ccc1F. The molecule has 1 saturated carbocycles. The standard InChI is InChI=1S/C13H19FN2/c1-9(2)13-12(14)7-6-11(16-13)8-15-10-4-3-5-10/h6-7,9-10,15H,3-5,8H2,1-2H3. The Kier molecular flexibility index (Phi) is 3.54. The van der Waals surface area contributed by atoms with Crippen molar-refractivity contribution in [3.05, 3.63) is 29.3 Å². The van der Waals surface area contributed by atoms with Crippen LogP contribution < -0.4 is 5.32 Å². The van der Waals surface area contributed by atoms with E-state index in [9.17, 15) is 4.39 Å². The molecule has 16 heavy (non-hydrogen) atoms. The maximum atomic E-state index is 13.4. The van der Waals surface area contributed by atoms with E-state index in [2.05, 4.69) is 10.3 Å². The van der Waals surface area contributed by atoms with E-state index in [1.165, 1.54) is 25.3 Å². The molecule has 1 aliphatic carbocycles. The molecular formula is C13H19FN2. The van der Waals surface area contributed by atoms with Crippen LogP contribution in [0.2, 0.25) is 0 Å². The van der Waals surface area contributed by atoms with E-state index >= 15 is 0 Å². The topological polar surface area (TPSA) is 24.9 Å². The molecule has 0 aliphatic heterocycles. The average molecular weight is 222 g/mol. The normalized spacial score (nSPS) is 16.5. The zero-order chi connectivity index (χ0) is 11.5. The van der Waals surface area contributed by atoms with Crippen molar-refractivity contribution in [2.24, 2.45) is 0 Å². The van der Waals surface area contributed by atoms with Crippen LogP contribution in [0.5, 0.6) is 0 Å². The molecule has 0 amide bonds. The van der Waals surface area contributed by atoms with Gasteiger partial charge in [-0.05, 0) is 30.9 Å². The summed E-state index contributed by atoms with van der Waals surface area (Å²) in [5, 5.41) is 3.44. The van der Waals surface area contributed by atoms with Crippen LogP contribution in [0.4, 0.5) is 4.39 Å². The number of rotatable bonds is 4. The lowest BCUT2D eigenvalue weighted by Crippen LogP contribution is -2.34. The number of halogens is 1. The van der Waals surface area contributed by atoms with E-state index in [1.807, 2.05) is 13.8 Å². The molecule has 1 aromatic heterocycles. The third-order valence-corrected chi connectivity index (χ3v) is 3.15. The van der Waals surface area contributed by atoms with E-state index < -0.39 is 0 Å². The van der Waals surface area contributed by atoms with Gasteiger partial charge in [0.1, 0.15) is 5.82 Å². The van der Waals surface area contributed by atoms with Crippen molar-refractivity contribution in [3.63, 3.8) is 0 Å².